The van der Waals surface area contributed by atoms with Gasteiger partial charge in [0.25, 0.3) is 0 Å². The molecule has 2 nitrogen and oxygen atoms in total. The third kappa shape index (κ3) is 8.50. The number of carbonyl (C=O) groups is 1. The summed E-state index contributed by atoms with van der Waals surface area (Å²) in [6, 6.07) is 9.46. The van der Waals surface area contributed by atoms with E-state index in [4.69, 9.17) is 0 Å². The smallest absolute Gasteiger partial charge is 0.249 e. The molecule has 0 N–H and O–H groups in total. The van der Waals surface area contributed by atoms with Gasteiger partial charge in [0.15, 0.2) is 0 Å². The summed E-state index contributed by atoms with van der Waals surface area (Å²) >= 11 is 0. The van der Waals surface area contributed by atoms with Crippen molar-refractivity contribution in [2.45, 2.75) is 124 Å². The topological polar surface area (TPSA) is 20.3 Å². The molecule has 2 aliphatic rings. The molecule has 2 saturated carbocycles. The fourth-order valence-corrected chi connectivity index (χ4v) is 6.63. The fraction of sp³-hybridized carbons (Fsp3) is 0.727. The first kappa shape index (κ1) is 28.0. The molecule has 2 heteroatoms. The Hall–Kier alpha value is -1.57. The zero-order valence-electron chi connectivity index (χ0n) is 23.6. The van der Waals surface area contributed by atoms with Crippen LogP contribution in [0.2, 0.25) is 0 Å². The van der Waals surface area contributed by atoms with E-state index in [0.29, 0.717) is 0 Å². The van der Waals surface area contributed by atoms with Crippen LogP contribution in [0.15, 0.2) is 35.4 Å². The number of rotatable bonds is 11. The van der Waals surface area contributed by atoms with Gasteiger partial charge in [0.05, 0.1) is 0 Å². The second-order valence-corrected chi connectivity index (χ2v) is 12.1. The fourth-order valence-electron chi connectivity index (χ4n) is 6.63. The summed E-state index contributed by atoms with van der Waals surface area (Å²) in [6.07, 6.45) is 19.5. The maximum atomic E-state index is 12.4. The van der Waals surface area contributed by atoms with Crippen LogP contribution < -0.4 is 0 Å². The summed E-state index contributed by atoms with van der Waals surface area (Å²) in [5.41, 5.74) is 4.94. The number of benzene rings is 1. The van der Waals surface area contributed by atoms with Crippen LogP contribution in [-0.4, -0.2) is 24.4 Å². The molecule has 1 aromatic carbocycles. The van der Waals surface area contributed by atoms with Crippen molar-refractivity contribution in [1.29, 1.82) is 0 Å². The number of allylic oxidation sites excluding steroid dienone is 1. The molecule has 0 heterocycles. The van der Waals surface area contributed by atoms with Crippen molar-refractivity contribution in [1.82, 2.24) is 4.90 Å². The van der Waals surface area contributed by atoms with E-state index in [2.05, 4.69) is 31.2 Å². The van der Waals surface area contributed by atoms with E-state index in [-0.39, 0.29) is 5.91 Å². The van der Waals surface area contributed by atoms with Crippen LogP contribution in [0.25, 0.3) is 0 Å². The van der Waals surface area contributed by atoms with E-state index in [9.17, 15) is 4.79 Å². The van der Waals surface area contributed by atoms with Crippen molar-refractivity contribution in [3.8, 4) is 0 Å². The van der Waals surface area contributed by atoms with Gasteiger partial charge in [-0.2, -0.15) is 0 Å². The molecule has 3 rings (SSSR count). The molecule has 2 fully saturated rings. The second-order valence-electron chi connectivity index (χ2n) is 12.1. The minimum atomic E-state index is 0.163. The van der Waals surface area contributed by atoms with E-state index in [1.807, 2.05) is 32.7 Å². The number of nitrogens with zero attached hydrogens (tertiary/aromatic N) is 1. The van der Waals surface area contributed by atoms with Gasteiger partial charge >= 0.3 is 0 Å². The van der Waals surface area contributed by atoms with Gasteiger partial charge in [-0.1, -0.05) is 75.3 Å². The average Bonchev–Trinajstić information content (AvgIpc) is 2.89. The Morgan fingerprint density at radius 3 is 2.00 bits per heavy atom. The van der Waals surface area contributed by atoms with Crippen molar-refractivity contribution < 1.29 is 4.79 Å². The molecule has 196 valence electrons. The Bertz CT molecular complexity index is 787. The van der Waals surface area contributed by atoms with Crippen LogP contribution in [0.4, 0.5) is 0 Å². The van der Waals surface area contributed by atoms with Crippen LogP contribution in [0.3, 0.4) is 0 Å². The third-order valence-corrected chi connectivity index (χ3v) is 9.37. The van der Waals surface area contributed by atoms with Crippen molar-refractivity contribution >= 4 is 5.91 Å². The van der Waals surface area contributed by atoms with Gasteiger partial charge in [0.2, 0.25) is 5.91 Å². The highest BCUT2D eigenvalue weighted by Crippen LogP contribution is 2.44. The highest BCUT2D eigenvalue weighted by molar-refractivity contribution is 5.93. The number of amides is 1. The van der Waals surface area contributed by atoms with Crippen LogP contribution >= 0.6 is 0 Å². The van der Waals surface area contributed by atoms with Crippen molar-refractivity contribution in [3.63, 3.8) is 0 Å². The summed E-state index contributed by atoms with van der Waals surface area (Å²) in [6.45, 7) is 9.09. The van der Waals surface area contributed by atoms with Gasteiger partial charge in [-0.05, 0) is 107 Å². The van der Waals surface area contributed by atoms with Gasteiger partial charge < -0.3 is 4.90 Å². The van der Waals surface area contributed by atoms with E-state index in [1.165, 1.54) is 82.6 Å². The van der Waals surface area contributed by atoms with E-state index < -0.39 is 0 Å². The van der Waals surface area contributed by atoms with Gasteiger partial charge in [-0.25, -0.2) is 0 Å². The number of carbonyl (C=O) groups excluding carboxylic acids is 1. The first-order valence-electron chi connectivity index (χ1n) is 14.9. The largest absolute Gasteiger partial charge is 0.342 e. The van der Waals surface area contributed by atoms with Gasteiger partial charge in [-0.3, -0.25) is 4.79 Å². The minimum Gasteiger partial charge on any atom is -0.342 e. The highest BCUT2D eigenvalue weighted by atomic mass is 16.2. The average molecular weight is 480 g/mol. The lowest BCUT2D eigenvalue weighted by Gasteiger charge is -2.38. The van der Waals surface area contributed by atoms with Crippen LogP contribution in [0.5, 0.6) is 0 Å². The van der Waals surface area contributed by atoms with Gasteiger partial charge in [0.1, 0.15) is 0 Å². The first-order valence-corrected chi connectivity index (χ1v) is 14.9. The number of hydrogen-bond acceptors (Lipinski definition) is 1. The molecule has 0 bridgehead atoms. The molecular formula is C33H53NO. The highest BCUT2D eigenvalue weighted by Gasteiger charge is 2.31. The molecule has 2 aliphatic carbocycles. The van der Waals surface area contributed by atoms with Crippen molar-refractivity contribution in [2.24, 2.45) is 17.8 Å². The minimum absolute atomic E-state index is 0.163. The van der Waals surface area contributed by atoms with E-state index in [0.717, 1.165) is 54.2 Å². The summed E-state index contributed by atoms with van der Waals surface area (Å²) in [5.74, 6) is 3.98. The molecule has 0 aliphatic heterocycles. The SMILES string of the molecule is CCCCCC1CCC(C2CCC(c3ccc(CCCN(C)C(=O)C(C)=C(C)C)cc3)CC2)CC1. The van der Waals surface area contributed by atoms with E-state index in [1.54, 1.807) is 5.56 Å². The molecule has 0 atom stereocenters. The summed E-state index contributed by atoms with van der Waals surface area (Å²) < 4.78 is 0. The standard InChI is InChI=1S/C33H53NO/c1-6-7-8-10-27-12-16-29(17-13-27)31-20-22-32(23-21-31)30-18-14-28(15-19-30)11-9-24-34(5)33(35)26(4)25(2)3/h14-15,18-19,27,29,31-32H,6-13,16-17,20-24H2,1-5H3. The molecule has 0 saturated heterocycles. The number of likely N-dealkylation sites (N-methyl/N-ethyl adjacent to an activating group) is 1. The molecule has 35 heavy (non-hydrogen) atoms. The van der Waals surface area contributed by atoms with Crippen molar-refractivity contribution in [2.75, 3.05) is 13.6 Å². The quantitative estimate of drug-likeness (QED) is 0.229. The number of aryl methyl sites for hydroxylation is 1. The van der Waals surface area contributed by atoms with Crippen LogP contribution in [0.1, 0.15) is 128 Å². The zero-order chi connectivity index (χ0) is 25.2. The Kier molecular flexibility index (Phi) is 11.4. The second kappa shape index (κ2) is 14.2. The third-order valence-electron chi connectivity index (χ3n) is 9.37. The summed E-state index contributed by atoms with van der Waals surface area (Å²) in [5, 5.41) is 0. The lowest BCUT2D eigenvalue weighted by atomic mass is 9.68. The number of unbranched alkanes of at least 4 members (excludes halogenated alkanes) is 2. The normalized spacial score (nSPS) is 24.7. The number of hydrogen-bond donors (Lipinski definition) is 0. The predicted octanol–water partition coefficient (Wildman–Crippen LogP) is 9.09. The predicted molar refractivity (Wildman–Crippen MR) is 151 cm³/mol. The molecular weight excluding hydrogens is 426 g/mol. The molecule has 1 amide bonds. The Morgan fingerprint density at radius 2 is 1.43 bits per heavy atom. The maximum Gasteiger partial charge on any atom is 0.249 e. The van der Waals surface area contributed by atoms with Gasteiger partial charge in [0, 0.05) is 19.2 Å². The molecule has 0 aromatic heterocycles. The van der Waals surface area contributed by atoms with Gasteiger partial charge in [-0.15, -0.1) is 0 Å². The molecule has 0 radical (unpaired) electrons. The molecule has 1 aromatic rings. The first-order chi connectivity index (χ1) is 16.9. The zero-order valence-corrected chi connectivity index (χ0v) is 23.6. The van der Waals surface area contributed by atoms with E-state index >= 15 is 0 Å². The Labute approximate surface area is 217 Å². The Morgan fingerprint density at radius 1 is 0.829 bits per heavy atom. The maximum absolute atomic E-state index is 12.4. The Balaban J connectivity index is 1.36. The van der Waals surface area contributed by atoms with Crippen molar-refractivity contribution in [3.05, 3.63) is 46.5 Å². The summed E-state index contributed by atoms with van der Waals surface area (Å²) in [7, 11) is 1.92. The lowest BCUT2D eigenvalue weighted by molar-refractivity contribution is -0.125. The molecule has 0 unspecified atom stereocenters. The van der Waals surface area contributed by atoms with Crippen LogP contribution in [-0.2, 0) is 11.2 Å². The van der Waals surface area contributed by atoms with Crippen LogP contribution in [0, 0.1) is 17.8 Å². The lowest BCUT2D eigenvalue weighted by Crippen LogP contribution is -2.29. The summed E-state index contributed by atoms with van der Waals surface area (Å²) in [4.78, 5) is 14.3. The molecule has 0 spiro atoms. The monoisotopic (exact) mass is 479 g/mol.